The highest BCUT2D eigenvalue weighted by Gasteiger charge is 2.05. The molecule has 0 N–H and O–H groups in total. The smallest absolute Gasteiger partial charge is 0.180 e. The van der Waals surface area contributed by atoms with Crippen LogP contribution in [-0.4, -0.2) is 10.5 Å². The van der Waals surface area contributed by atoms with Crippen LogP contribution in [0.1, 0.15) is 5.56 Å². The van der Waals surface area contributed by atoms with Gasteiger partial charge in [0.15, 0.2) is 31.3 Å². The van der Waals surface area contributed by atoms with Crippen molar-refractivity contribution in [1.29, 1.82) is 0 Å². The first-order valence-corrected chi connectivity index (χ1v) is 6.71. The van der Waals surface area contributed by atoms with E-state index in [9.17, 15) is 9.42 Å². The Morgan fingerprint density at radius 1 is 1.11 bits per heavy atom. The third-order valence-corrected chi connectivity index (χ3v) is 3.36. The molecule has 0 aliphatic carbocycles. The minimum Gasteiger partial charge on any atom is -1.00 e. The molecule has 0 aliphatic rings. The van der Waals surface area contributed by atoms with Gasteiger partial charge in [-0.15, -0.1) is 0 Å². The predicted molar refractivity (Wildman–Crippen MR) is 63.5 cm³/mol. The molecule has 0 amide bonds. The van der Waals surface area contributed by atoms with Crippen molar-refractivity contribution in [3.05, 3.63) is 59.8 Å². The topological polar surface area (TPSA) is 47.9 Å². The Kier molecular flexibility index (Phi) is 5.25. The average molecular weight is 285 g/mol. The fraction of sp³-hybridized carbons (Fsp3) is 0.167. The minimum atomic E-state index is -0.945. The predicted octanol–water partition coefficient (Wildman–Crippen LogP) is -2.60. The van der Waals surface area contributed by atoms with Crippen LogP contribution in [-0.2, 0) is 17.3 Å². The molecule has 4 nitrogen and oxygen atoms in total. The van der Waals surface area contributed by atoms with Crippen LogP contribution in [0.4, 0.5) is 0 Å². The molecular weight excluding hydrogens is 272 g/mol. The molecule has 6 heteroatoms. The van der Waals surface area contributed by atoms with Crippen LogP contribution in [0.5, 0.6) is 0 Å². The van der Waals surface area contributed by atoms with Crippen LogP contribution in [0.15, 0.2) is 53.9 Å². The number of hydrogen-bond donors (Lipinski definition) is 0. The summed E-state index contributed by atoms with van der Waals surface area (Å²) in [4.78, 5) is 0.812. The second-order valence-corrected chi connectivity index (χ2v) is 5.11. The number of rotatable bonds is 3. The van der Waals surface area contributed by atoms with Crippen LogP contribution in [0.2, 0.25) is 0 Å². The van der Waals surface area contributed by atoms with E-state index in [1.165, 1.54) is 12.4 Å². The molecule has 2 rings (SSSR count). The van der Waals surface area contributed by atoms with Crippen molar-refractivity contribution in [2.75, 3.05) is 6.26 Å². The Morgan fingerprint density at radius 2 is 1.67 bits per heavy atom. The largest absolute Gasteiger partial charge is 1.00 e. The maximum absolute atomic E-state index is 11.2. The second-order valence-electron chi connectivity index (χ2n) is 3.73. The van der Waals surface area contributed by atoms with Gasteiger partial charge < -0.3 is 17.6 Å². The van der Waals surface area contributed by atoms with E-state index in [4.69, 9.17) is 0 Å². The van der Waals surface area contributed by atoms with Crippen molar-refractivity contribution < 1.29 is 25.9 Å². The molecule has 0 aromatic carbocycles. The lowest BCUT2D eigenvalue weighted by molar-refractivity contribution is -0.689. The maximum Gasteiger partial charge on any atom is 0.180 e. The van der Waals surface area contributed by atoms with E-state index < -0.39 is 10.8 Å². The number of pyridine rings is 2. The van der Waals surface area contributed by atoms with Gasteiger partial charge >= 0.3 is 0 Å². The Morgan fingerprint density at radius 3 is 2.17 bits per heavy atom. The average Bonchev–Trinajstić information content (AvgIpc) is 2.33. The van der Waals surface area contributed by atoms with Gasteiger partial charge in [-0.05, 0) is 0 Å². The van der Waals surface area contributed by atoms with E-state index in [0.717, 1.165) is 15.2 Å². The van der Waals surface area contributed by atoms with Crippen LogP contribution in [0, 0.1) is 5.21 Å². The Bertz CT molecular complexity index is 529. The molecule has 1 unspecified atom stereocenters. The quantitative estimate of drug-likeness (QED) is 0.458. The van der Waals surface area contributed by atoms with E-state index in [-0.39, 0.29) is 12.4 Å². The summed E-state index contributed by atoms with van der Waals surface area (Å²) in [7, 11) is -0.945. The lowest BCUT2D eigenvalue weighted by Crippen LogP contribution is -3.00. The standard InChI is InChI=1S/C12H13N2O2S.ClH/c1-17(16)12-4-6-13(7-5-12)10-11-2-8-14(15)9-3-11;/h2-9H,10H2,1H3;1H/q+1;/p-1. The SMILES string of the molecule is CS(=O)c1cc[n+](Cc2cc[n+]([O-])cc2)cc1.[Cl-]. The van der Waals surface area contributed by atoms with Gasteiger partial charge in [-0.1, -0.05) is 0 Å². The summed E-state index contributed by atoms with van der Waals surface area (Å²) < 4.78 is 14.0. The zero-order valence-electron chi connectivity index (χ0n) is 9.82. The molecule has 0 saturated heterocycles. The molecule has 2 aromatic rings. The van der Waals surface area contributed by atoms with Gasteiger partial charge in [0.2, 0.25) is 0 Å². The molecule has 0 spiro atoms. The van der Waals surface area contributed by atoms with Gasteiger partial charge in [0, 0.05) is 36.1 Å². The third kappa shape index (κ3) is 3.78. The molecular formula is C12H13ClN2O2S. The normalized spacial score (nSPS) is 11.6. The van der Waals surface area contributed by atoms with E-state index in [1.54, 1.807) is 18.4 Å². The molecule has 2 heterocycles. The maximum atomic E-state index is 11.2. The highest BCUT2D eigenvalue weighted by Crippen LogP contribution is 2.01. The molecule has 0 fully saturated rings. The van der Waals surface area contributed by atoms with Gasteiger partial charge in [-0.3, -0.25) is 4.21 Å². The van der Waals surface area contributed by atoms with E-state index >= 15 is 0 Å². The lowest BCUT2D eigenvalue weighted by Gasteiger charge is -1.99. The number of halogens is 1. The summed E-state index contributed by atoms with van der Waals surface area (Å²) in [5.41, 5.74) is 1.05. The molecule has 96 valence electrons. The first-order chi connectivity index (χ1) is 8.15. The third-order valence-electron chi connectivity index (χ3n) is 2.43. The fourth-order valence-corrected chi connectivity index (χ4v) is 2.01. The van der Waals surface area contributed by atoms with Crippen LogP contribution in [0.3, 0.4) is 0 Å². The van der Waals surface area contributed by atoms with Crippen molar-refractivity contribution in [1.82, 2.24) is 0 Å². The molecule has 0 saturated carbocycles. The van der Waals surface area contributed by atoms with Crippen molar-refractivity contribution in [2.24, 2.45) is 0 Å². The Balaban J connectivity index is 0.00000162. The van der Waals surface area contributed by atoms with E-state index in [0.29, 0.717) is 6.54 Å². The Hall–Kier alpha value is -1.46. The van der Waals surface area contributed by atoms with Crippen LogP contribution < -0.4 is 21.7 Å². The van der Waals surface area contributed by atoms with Crippen molar-refractivity contribution >= 4 is 10.8 Å². The molecule has 2 aromatic heterocycles. The summed E-state index contributed by atoms with van der Waals surface area (Å²) in [5, 5.41) is 10.9. The van der Waals surface area contributed by atoms with Crippen molar-refractivity contribution in [3.63, 3.8) is 0 Å². The van der Waals surface area contributed by atoms with Gasteiger partial charge in [-0.2, -0.15) is 4.73 Å². The highest BCUT2D eigenvalue weighted by atomic mass is 35.5. The first-order valence-electron chi connectivity index (χ1n) is 5.15. The number of aromatic nitrogens is 2. The molecule has 0 radical (unpaired) electrons. The first kappa shape index (κ1) is 14.6. The van der Waals surface area contributed by atoms with Crippen molar-refractivity contribution in [2.45, 2.75) is 11.4 Å². The zero-order chi connectivity index (χ0) is 12.3. The van der Waals surface area contributed by atoms with E-state index in [2.05, 4.69) is 0 Å². The lowest BCUT2D eigenvalue weighted by atomic mass is 10.2. The fourth-order valence-electron chi connectivity index (χ4n) is 1.50. The summed E-state index contributed by atoms with van der Waals surface area (Å²) in [6, 6.07) is 7.25. The molecule has 1 atom stereocenters. The number of nitrogens with zero attached hydrogens (tertiary/aromatic N) is 2. The second kappa shape index (κ2) is 6.47. The van der Waals surface area contributed by atoms with Gasteiger partial charge in [0.05, 0.1) is 15.7 Å². The summed E-state index contributed by atoms with van der Waals surface area (Å²) in [5.74, 6) is 0. The van der Waals surface area contributed by atoms with Gasteiger partial charge in [0.25, 0.3) is 0 Å². The summed E-state index contributed by atoms with van der Waals surface area (Å²) in [6.07, 6.45) is 8.38. The molecule has 18 heavy (non-hydrogen) atoms. The van der Waals surface area contributed by atoms with Crippen molar-refractivity contribution in [3.8, 4) is 0 Å². The summed E-state index contributed by atoms with van der Waals surface area (Å²) >= 11 is 0. The zero-order valence-corrected chi connectivity index (χ0v) is 11.4. The van der Waals surface area contributed by atoms with Gasteiger partial charge in [0.1, 0.15) is 0 Å². The van der Waals surface area contributed by atoms with E-state index in [1.807, 2.05) is 29.1 Å². The summed E-state index contributed by atoms with van der Waals surface area (Å²) in [6.45, 7) is 0.692. The molecule has 0 bridgehead atoms. The van der Waals surface area contributed by atoms with Gasteiger partial charge in [-0.25, -0.2) is 4.57 Å². The van der Waals surface area contributed by atoms with Crippen LogP contribution in [0.25, 0.3) is 0 Å². The minimum absolute atomic E-state index is 0. The highest BCUT2D eigenvalue weighted by molar-refractivity contribution is 7.84. The Labute approximate surface area is 114 Å². The molecule has 0 aliphatic heterocycles. The number of hydrogen-bond acceptors (Lipinski definition) is 2. The van der Waals surface area contributed by atoms with Crippen LogP contribution >= 0.6 is 0 Å². The monoisotopic (exact) mass is 284 g/mol.